The molecule has 0 saturated heterocycles. The fourth-order valence-corrected chi connectivity index (χ4v) is 3.38. The summed E-state index contributed by atoms with van der Waals surface area (Å²) in [7, 11) is 0. The van der Waals surface area contributed by atoms with E-state index in [0.29, 0.717) is 19.6 Å². The van der Waals surface area contributed by atoms with E-state index in [1.807, 2.05) is 65.7 Å². The van der Waals surface area contributed by atoms with Crippen molar-refractivity contribution in [3.8, 4) is 5.75 Å². The molecule has 0 N–H and O–H groups in total. The van der Waals surface area contributed by atoms with Gasteiger partial charge in [-0.3, -0.25) is 4.79 Å². The van der Waals surface area contributed by atoms with Gasteiger partial charge >= 0.3 is 0 Å². The van der Waals surface area contributed by atoms with Crippen LogP contribution in [0, 0.1) is 0 Å². The van der Waals surface area contributed by atoms with Crippen molar-refractivity contribution in [3.63, 3.8) is 0 Å². The van der Waals surface area contributed by atoms with Crippen molar-refractivity contribution in [1.82, 2.24) is 14.9 Å². The maximum Gasteiger partial charge on any atom is 0.223 e. The van der Waals surface area contributed by atoms with Gasteiger partial charge < -0.3 is 9.64 Å². The summed E-state index contributed by atoms with van der Waals surface area (Å²) in [6.45, 7) is 1.90. The third-order valence-corrected chi connectivity index (χ3v) is 5.01. The molecule has 0 bridgehead atoms. The molecule has 5 nitrogen and oxygen atoms in total. The third-order valence-electron chi connectivity index (χ3n) is 5.01. The number of hydrogen-bond donors (Lipinski definition) is 0. The highest BCUT2D eigenvalue weighted by Crippen LogP contribution is 2.18. The van der Waals surface area contributed by atoms with Crippen LogP contribution >= 0.6 is 0 Å². The number of amides is 1. The molecule has 0 aliphatic carbocycles. The van der Waals surface area contributed by atoms with E-state index in [4.69, 9.17) is 4.74 Å². The lowest BCUT2D eigenvalue weighted by molar-refractivity contribution is -0.132. The van der Waals surface area contributed by atoms with Crippen LogP contribution in [0.4, 0.5) is 0 Å². The molecule has 2 aromatic carbocycles. The Balaban J connectivity index is 1.26. The molecule has 2 heterocycles. The quantitative estimate of drug-likeness (QED) is 0.663. The van der Waals surface area contributed by atoms with Gasteiger partial charge in [0.1, 0.15) is 18.7 Å². The molecule has 142 valence electrons. The Labute approximate surface area is 165 Å². The first-order valence-electron chi connectivity index (χ1n) is 9.59. The van der Waals surface area contributed by atoms with Crippen LogP contribution in [0.5, 0.6) is 5.75 Å². The van der Waals surface area contributed by atoms with Gasteiger partial charge in [-0.1, -0.05) is 42.5 Å². The molecule has 0 radical (unpaired) electrons. The summed E-state index contributed by atoms with van der Waals surface area (Å²) in [6.07, 6.45) is 5.43. The predicted octanol–water partition coefficient (Wildman–Crippen LogP) is 3.57. The Morgan fingerprint density at radius 2 is 1.86 bits per heavy atom. The summed E-state index contributed by atoms with van der Waals surface area (Å²) < 4.78 is 5.81. The lowest BCUT2D eigenvalue weighted by atomic mass is 10.1. The fourth-order valence-electron chi connectivity index (χ4n) is 3.38. The molecule has 0 fully saturated rings. The summed E-state index contributed by atoms with van der Waals surface area (Å²) in [4.78, 5) is 22.8. The van der Waals surface area contributed by atoms with Crippen LogP contribution in [0.25, 0.3) is 0 Å². The number of rotatable bonds is 6. The maximum absolute atomic E-state index is 12.6. The number of hydrogen-bond acceptors (Lipinski definition) is 4. The zero-order valence-corrected chi connectivity index (χ0v) is 15.8. The molecule has 3 aromatic rings. The second kappa shape index (κ2) is 8.65. The summed E-state index contributed by atoms with van der Waals surface area (Å²) in [5.41, 5.74) is 4.40. The Hall–Kier alpha value is -3.21. The lowest BCUT2D eigenvalue weighted by Crippen LogP contribution is -2.36. The third kappa shape index (κ3) is 4.55. The van der Waals surface area contributed by atoms with Crippen molar-refractivity contribution in [2.75, 3.05) is 6.54 Å². The molecule has 5 heteroatoms. The highest BCUT2D eigenvalue weighted by Gasteiger charge is 2.21. The molecule has 1 aliphatic rings. The smallest absolute Gasteiger partial charge is 0.223 e. The normalized spacial score (nSPS) is 13.1. The van der Waals surface area contributed by atoms with Crippen LogP contribution in [0.1, 0.15) is 28.8 Å². The van der Waals surface area contributed by atoms with Crippen LogP contribution in [0.2, 0.25) is 0 Å². The first kappa shape index (κ1) is 18.2. The van der Waals surface area contributed by atoms with E-state index in [9.17, 15) is 4.79 Å². The Morgan fingerprint density at radius 3 is 2.68 bits per heavy atom. The van der Waals surface area contributed by atoms with Crippen molar-refractivity contribution in [2.45, 2.75) is 32.4 Å². The van der Waals surface area contributed by atoms with Crippen molar-refractivity contribution < 1.29 is 9.53 Å². The zero-order chi connectivity index (χ0) is 19.2. The van der Waals surface area contributed by atoms with Gasteiger partial charge in [0.05, 0.1) is 5.69 Å². The van der Waals surface area contributed by atoms with E-state index >= 15 is 0 Å². The molecule has 1 aromatic heterocycles. The highest BCUT2D eigenvalue weighted by molar-refractivity contribution is 5.76. The number of aromatic nitrogens is 2. The molecule has 1 aliphatic heterocycles. The molecule has 0 saturated carbocycles. The molecule has 0 spiro atoms. The van der Waals surface area contributed by atoms with Crippen molar-refractivity contribution in [2.24, 2.45) is 0 Å². The molecule has 0 unspecified atom stereocenters. The van der Waals surface area contributed by atoms with Crippen LogP contribution in [0.3, 0.4) is 0 Å². The van der Waals surface area contributed by atoms with E-state index in [-0.39, 0.29) is 5.91 Å². The summed E-state index contributed by atoms with van der Waals surface area (Å²) in [5, 5.41) is 0. The van der Waals surface area contributed by atoms with Crippen LogP contribution in [-0.4, -0.2) is 27.3 Å². The number of carbonyl (C=O) groups is 1. The van der Waals surface area contributed by atoms with Gasteiger partial charge in [0.25, 0.3) is 0 Å². The van der Waals surface area contributed by atoms with E-state index < -0.39 is 0 Å². The van der Waals surface area contributed by atoms with Gasteiger partial charge in [-0.25, -0.2) is 9.97 Å². The number of nitrogens with zero attached hydrogens (tertiary/aromatic N) is 3. The van der Waals surface area contributed by atoms with Gasteiger partial charge in [-0.2, -0.15) is 0 Å². The SMILES string of the molecule is O=C(CCc1ccc(OCc2ccccc2)cc1)N1CCc2ncncc2C1. The minimum absolute atomic E-state index is 0.180. The Bertz CT molecular complexity index is 926. The number of fused-ring (bicyclic) bond motifs is 1. The zero-order valence-electron chi connectivity index (χ0n) is 15.8. The lowest BCUT2D eigenvalue weighted by Gasteiger charge is -2.27. The van der Waals surface area contributed by atoms with Gasteiger partial charge in [0, 0.05) is 37.7 Å². The number of ether oxygens (including phenoxy) is 1. The molecule has 4 rings (SSSR count). The first-order valence-corrected chi connectivity index (χ1v) is 9.59. The summed E-state index contributed by atoms with van der Waals surface area (Å²) in [5.74, 6) is 1.02. The summed E-state index contributed by atoms with van der Waals surface area (Å²) >= 11 is 0. The van der Waals surface area contributed by atoms with Gasteiger partial charge in [-0.15, -0.1) is 0 Å². The average molecular weight is 373 g/mol. The minimum Gasteiger partial charge on any atom is -0.489 e. The largest absolute Gasteiger partial charge is 0.489 e. The van der Waals surface area contributed by atoms with Crippen LogP contribution in [-0.2, 0) is 30.8 Å². The van der Waals surface area contributed by atoms with E-state index in [1.54, 1.807) is 6.33 Å². The predicted molar refractivity (Wildman–Crippen MR) is 107 cm³/mol. The van der Waals surface area contributed by atoms with Crippen LogP contribution < -0.4 is 4.74 Å². The summed E-state index contributed by atoms with van der Waals surface area (Å²) in [6, 6.07) is 18.1. The molecule has 1 amide bonds. The van der Waals surface area contributed by atoms with Crippen molar-refractivity contribution in [1.29, 1.82) is 0 Å². The monoisotopic (exact) mass is 373 g/mol. The van der Waals surface area contributed by atoms with Gasteiger partial charge in [0.15, 0.2) is 0 Å². The van der Waals surface area contributed by atoms with E-state index in [2.05, 4.69) is 9.97 Å². The van der Waals surface area contributed by atoms with Crippen molar-refractivity contribution >= 4 is 5.91 Å². The number of carbonyl (C=O) groups excluding carboxylic acids is 1. The van der Waals surface area contributed by atoms with Crippen LogP contribution in [0.15, 0.2) is 67.1 Å². The molecule has 28 heavy (non-hydrogen) atoms. The highest BCUT2D eigenvalue weighted by atomic mass is 16.5. The van der Waals surface area contributed by atoms with Gasteiger partial charge in [0.2, 0.25) is 5.91 Å². The second-order valence-electron chi connectivity index (χ2n) is 6.98. The van der Waals surface area contributed by atoms with Gasteiger partial charge in [-0.05, 0) is 29.7 Å². The number of aryl methyl sites for hydroxylation is 1. The standard InChI is InChI=1S/C23H23N3O2/c27-23(26-13-12-22-20(15-26)14-24-17-25-22)11-8-18-6-9-21(10-7-18)28-16-19-4-2-1-3-5-19/h1-7,9-10,14,17H,8,11-13,15-16H2. The Kier molecular flexibility index (Phi) is 5.61. The van der Waals surface area contributed by atoms with E-state index in [0.717, 1.165) is 47.5 Å². The Morgan fingerprint density at radius 1 is 1.04 bits per heavy atom. The molecular formula is C23H23N3O2. The fraction of sp³-hybridized carbons (Fsp3) is 0.261. The second-order valence-corrected chi connectivity index (χ2v) is 6.98. The average Bonchev–Trinajstić information content (AvgIpc) is 2.77. The van der Waals surface area contributed by atoms with E-state index in [1.165, 1.54) is 0 Å². The van der Waals surface area contributed by atoms with Crippen molar-refractivity contribution in [3.05, 3.63) is 89.5 Å². The molecule has 0 atom stereocenters. The molecular weight excluding hydrogens is 350 g/mol. The first-order chi connectivity index (χ1) is 13.8. The number of benzene rings is 2. The minimum atomic E-state index is 0.180. The topological polar surface area (TPSA) is 55.3 Å². The maximum atomic E-state index is 12.6.